The summed E-state index contributed by atoms with van der Waals surface area (Å²) in [6.07, 6.45) is 3.81. The van der Waals surface area contributed by atoms with Crippen LogP contribution in [0.5, 0.6) is 0 Å². The fraction of sp³-hybridized carbons (Fsp3) is 0.368. The van der Waals surface area contributed by atoms with Crippen LogP contribution in [0.2, 0.25) is 0 Å². The Hall–Kier alpha value is -2.54. The van der Waals surface area contributed by atoms with Gasteiger partial charge < -0.3 is 4.90 Å². The molecule has 1 saturated heterocycles. The Morgan fingerprint density at radius 2 is 2.15 bits per heavy atom. The molecule has 1 atom stereocenters. The number of nitrogens with zero attached hydrogens (tertiary/aromatic N) is 5. The molecule has 3 heterocycles. The smallest absolute Gasteiger partial charge is 0.253 e. The van der Waals surface area contributed by atoms with Crippen LogP contribution in [0.1, 0.15) is 35.7 Å². The quantitative estimate of drug-likeness (QED) is 0.710. The van der Waals surface area contributed by atoms with Gasteiger partial charge in [-0.3, -0.25) is 4.79 Å². The molecule has 134 valence electrons. The number of thiophene rings is 1. The number of aryl methyl sites for hydroxylation is 1. The van der Waals surface area contributed by atoms with Crippen molar-refractivity contribution >= 4 is 17.2 Å². The molecule has 0 bridgehead atoms. The molecule has 1 unspecified atom stereocenters. The van der Waals surface area contributed by atoms with E-state index in [1.807, 2.05) is 23.1 Å². The zero-order valence-electron chi connectivity index (χ0n) is 14.9. The van der Waals surface area contributed by atoms with Crippen LogP contribution in [0.25, 0.3) is 16.1 Å². The molecule has 0 radical (unpaired) electrons. The predicted molar refractivity (Wildman–Crippen MR) is 102 cm³/mol. The van der Waals surface area contributed by atoms with E-state index in [4.69, 9.17) is 0 Å². The number of likely N-dealkylation sites (tertiary alicyclic amines) is 1. The molecule has 0 N–H and O–H groups in total. The molecule has 7 heteroatoms. The lowest BCUT2D eigenvalue weighted by Crippen LogP contribution is -2.39. The Morgan fingerprint density at radius 1 is 1.27 bits per heavy atom. The van der Waals surface area contributed by atoms with Gasteiger partial charge in [-0.2, -0.15) is 0 Å². The third-order valence-electron chi connectivity index (χ3n) is 4.74. The minimum absolute atomic E-state index is 0.0843. The second-order valence-electron chi connectivity index (χ2n) is 7.01. The summed E-state index contributed by atoms with van der Waals surface area (Å²) in [5.41, 5.74) is 3.72. The average molecular weight is 367 g/mol. The lowest BCUT2D eigenvalue weighted by molar-refractivity contribution is 0.0683. The topological polar surface area (TPSA) is 63.9 Å². The molecule has 6 nitrogen and oxygen atoms in total. The number of hydrogen-bond acceptors (Lipinski definition) is 5. The first-order chi connectivity index (χ1) is 12.6. The van der Waals surface area contributed by atoms with Gasteiger partial charge in [0, 0.05) is 23.5 Å². The highest BCUT2D eigenvalue weighted by atomic mass is 32.1. The fourth-order valence-electron chi connectivity index (χ4n) is 3.43. The molecule has 2 aromatic heterocycles. The molecule has 0 saturated carbocycles. The molecule has 1 aliphatic heterocycles. The lowest BCUT2D eigenvalue weighted by Gasteiger charge is -2.31. The van der Waals surface area contributed by atoms with E-state index in [0.29, 0.717) is 11.5 Å². The van der Waals surface area contributed by atoms with Crippen LogP contribution in [-0.2, 0) is 0 Å². The summed E-state index contributed by atoms with van der Waals surface area (Å²) in [7, 11) is 0. The van der Waals surface area contributed by atoms with Gasteiger partial charge in [0.2, 0.25) is 0 Å². The number of tetrazole rings is 1. The Kier molecular flexibility index (Phi) is 4.55. The van der Waals surface area contributed by atoms with E-state index in [1.165, 1.54) is 12.0 Å². The molecule has 1 fully saturated rings. The van der Waals surface area contributed by atoms with Crippen molar-refractivity contribution in [2.24, 2.45) is 5.92 Å². The number of aromatic nitrogens is 4. The second-order valence-corrected chi connectivity index (χ2v) is 7.92. The Morgan fingerprint density at radius 3 is 2.85 bits per heavy atom. The summed E-state index contributed by atoms with van der Waals surface area (Å²) < 4.78 is 1.60. The molecular weight excluding hydrogens is 346 g/mol. The fourth-order valence-corrected chi connectivity index (χ4v) is 4.32. The highest BCUT2D eigenvalue weighted by Gasteiger charge is 2.23. The summed E-state index contributed by atoms with van der Waals surface area (Å²) in [6.45, 7) is 5.93. The zero-order valence-corrected chi connectivity index (χ0v) is 15.7. The molecule has 26 heavy (non-hydrogen) atoms. The molecule has 1 aliphatic rings. The maximum absolute atomic E-state index is 13.1. The normalized spacial score (nSPS) is 17.5. The molecule has 3 aromatic rings. The van der Waals surface area contributed by atoms with Gasteiger partial charge in [-0.1, -0.05) is 6.92 Å². The van der Waals surface area contributed by atoms with E-state index in [9.17, 15) is 4.79 Å². The molecule has 1 aromatic carbocycles. The van der Waals surface area contributed by atoms with Gasteiger partial charge in [0.15, 0.2) is 0 Å². The van der Waals surface area contributed by atoms with Crippen molar-refractivity contribution in [1.82, 2.24) is 25.1 Å². The summed E-state index contributed by atoms with van der Waals surface area (Å²) in [6, 6.07) is 8.03. The van der Waals surface area contributed by atoms with E-state index >= 15 is 0 Å². The first-order valence-corrected chi connectivity index (χ1v) is 9.71. The van der Waals surface area contributed by atoms with Crippen molar-refractivity contribution in [3.05, 3.63) is 47.1 Å². The number of carbonyl (C=O) groups is 1. The van der Waals surface area contributed by atoms with Crippen LogP contribution >= 0.6 is 11.3 Å². The average Bonchev–Trinajstić information content (AvgIpc) is 3.32. The first-order valence-electron chi connectivity index (χ1n) is 8.83. The van der Waals surface area contributed by atoms with Gasteiger partial charge in [0.25, 0.3) is 5.91 Å². The number of piperidine rings is 1. The molecule has 0 spiro atoms. The van der Waals surface area contributed by atoms with Gasteiger partial charge >= 0.3 is 0 Å². The first kappa shape index (κ1) is 16.9. The van der Waals surface area contributed by atoms with Gasteiger partial charge in [0.05, 0.1) is 5.69 Å². The minimum Gasteiger partial charge on any atom is -0.338 e. The number of benzene rings is 1. The van der Waals surface area contributed by atoms with Crippen molar-refractivity contribution in [2.45, 2.75) is 26.7 Å². The Balaban J connectivity index is 1.75. The maximum atomic E-state index is 13.1. The zero-order chi connectivity index (χ0) is 18.1. The maximum Gasteiger partial charge on any atom is 0.253 e. The van der Waals surface area contributed by atoms with E-state index in [1.54, 1.807) is 22.3 Å². The van der Waals surface area contributed by atoms with Gasteiger partial charge in [-0.25, -0.2) is 4.68 Å². The van der Waals surface area contributed by atoms with Gasteiger partial charge in [-0.15, -0.1) is 16.4 Å². The van der Waals surface area contributed by atoms with Crippen LogP contribution in [0.15, 0.2) is 36.0 Å². The second kappa shape index (κ2) is 6.99. The highest BCUT2D eigenvalue weighted by Crippen LogP contribution is 2.30. The summed E-state index contributed by atoms with van der Waals surface area (Å²) in [5, 5.41) is 13.5. The molecule has 4 rings (SSSR count). The SMILES string of the molecule is Cc1csc(-c2cc(C(=O)N3CCCC(C)C3)cc(-n3cnnn3)c2)c1. The van der Waals surface area contributed by atoms with Crippen LogP contribution in [-0.4, -0.2) is 44.1 Å². The summed E-state index contributed by atoms with van der Waals surface area (Å²) >= 11 is 1.68. The Labute approximate surface area is 156 Å². The third-order valence-corrected chi connectivity index (χ3v) is 5.83. The van der Waals surface area contributed by atoms with Crippen LogP contribution in [0.4, 0.5) is 0 Å². The predicted octanol–water partition coefficient (Wildman–Crippen LogP) is 3.57. The number of hydrogen-bond donors (Lipinski definition) is 0. The van der Waals surface area contributed by atoms with Gasteiger partial charge in [0.1, 0.15) is 6.33 Å². The van der Waals surface area contributed by atoms with E-state index in [-0.39, 0.29) is 5.91 Å². The molecular formula is C19H21N5OS. The Bertz CT molecular complexity index is 918. The molecule has 0 aliphatic carbocycles. The van der Waals surface area contributed by atoms with Crippen molar-refractivity contribution in [3.63, 3.8) is 0 Å². The van der Waals surface area contributed by atoms with Crippen LogP contribution < -0.4 is 0 Å². The largest absolute Gasteiger partial charge is 0.338 e. The van der Waals surface area contributed by atoms with Crippen molar-refractivity contribution in [1.29, 1.82) is 0 Å². The van der Waals surface area contributed by atoms with Crippen LogP contribution in [0.3, 0.4) is 0 Å². The van der Waals surface area contributed by atoms with Crippen molar-refractivity contribution in [3.8, 4) is 16.1 Å². The number of amides is 1. The lowest BCUT2D eigenvalue weighted by atomic mass is 9.99. The van der Waals surface area contributed by atoms with Gasteiger partial charge in [-0.05, 0) is 76.9 Å². The van der Waals surface area contributed by atoms with E-state index in [2.05, 4.69) is 40.8 Å². The van der Waals surface area contributed by atoms with E-state index < -0.39 is 0 Å². The number of rotatable bonds is 3. The van der Waals surface area contributed by atoms with Crippen molar-refractivity contribution in [2.75, 3.05) is 13.1 Å². The summed E-state index contributed by atoms with van der Waals surface area (Å²) in [4.78, 5) is 16.2. The third kappa shape index (κ3) is 3.39. The molecule has 1 amide bonds. The van der Waals surface area contributed by atoms with Crippen LogP contribution in [0, 0.1) is 12.8 Å². The number of carbonyl (C=O) groups excluding carboxylic acids is 1. The highest BCUT2D eigenvalue weighted by molar-refractivity contribution is 7.13. The minimum atomic E-state index is 0.0843. The van der Waals surface area contributed by atoms with E-state index in [0.717, 1.165) is 35.6 Å². The van der Waals surface area contributed by atoms with Crippen molar-refractivity contribution < 1.29 is 4.79 Å². The standard InChI is InChI=1S/C19H21N5OS/c1-13-4-3-5-23(10-13)19(25)16-7-15(18-6-14(2)11-26-18)8-17(9-16)24-12-20-21-22-24/h6-9,11-13H,3-5,10H2,1-2H3. The summed E-state index contributed by atoms with van der Waals surface area (Å²) in [5.74, 6) is 0.635. The monoisotopic (exact) mass is 367 g/mol.